The standard InChI is InChI=1S/C14H18ClN3O2/c1-10(2)8-16-13(19)7-14(20)18-17-9-11-5-3-4-6-12(11)15/h3-6,9-10H,7-8H2,1-2H3,(H,16,19)(H,18,20)/b17-9+. The average molecular weight is 296 g/mol. The summed E-state index contributed by atoms with van der Waals surface area (Å²) in [5.74, 6) is -0.432. The van der Waals surface area contributed by atoms with Gasteiger partial charge in [-0.15, -0.1) is 0 Å². The molecule has 0 radical (unpaired) electrons. The van der Waals surface area contributed by atoms with Crippen LogP contribution in [0.5, 0.6) is 0 Å². The molecule has 1 aromatic carbocycles. The summed E-state index contributed by atoms with van der Waals surface area (Å²) < 4.78 is 0. The van der Waals surface area contributed by atoms with E-state index < -0.39 is 5.91 Å². The summed E-state index contributed by atoms with van der Waals surface area (Å²) in [4.78, 5) is 22.9. The van der Waals surface area contributed by atoms with Crippen molar-refractivity contribution < 1.29 is 9.59 Å². The topological polar surface area (TPSA) is 70.6 Å². The molecule has 0 heterocycles. The third-order valence-corrected chi connectivity index (χ3v) is 2.67. The van der Waals surface area contributed by atoms with Gasteiger partial charge in [-0.2, -0.15) is 5.10 Å². The lowest BCUT2D eigenvalue weighted by Gasteiger charge is -2.06. The summed E-state index contributed by atoms with van der Waals surface area (Å²) in [5, 5.41) is 6.96. The van der Waals surface area contributed by atoms with Gasteiger partial charge in [0.05, 0.1) is 6.21 Å². The van der Waals surface area contributed by atoms with E-state index in [-0.39, 0.29) is 12.3 Å². The van der Waals surface area contributed by atoms with E-state index in [1.807, 2.05) is 19.9 Å². The van der Waals surface area contributed by atoms with Crippen molar-refractivity contribution in [2.45, 2.75) is 20.3 Å². The van der Waals surface area contributed by atoms with Crippen molar-refractivity contribution >= 4 is 29.6 Å². The second-order valence-electron chi connectivity index (χ2n) is 4.69. The molecule has 1 rings (SSSR count). The number of carbonyl (C=O) groups excluding carboxylic acids is 2. The number of amides is 2. The Kier molecular flexibility index (Phi) is 6.73. The average Bonchev–Trinajstić information content (AvgIpc) is 2.38. The Labute approximate surface area is 123 Å². The summed E-state index contributed by atoms with van der Waals surface area (Å²) >= 11 is 5.93. The second kappa shape index (κ2) is 8.32. The SMILES string of the molecule is CC(C)CNC(=O)CC(=O)N/N=C/c1ccccc1Cl. The van der Waals surface area contributed by atoms with Gasteiger partial charge in [0, 0.05) is 17.1 Å². The molecule has 0 aromatic heterocycles. The largest absolute Gasteiger partial charge is 0.355 e. The summed E-state index contributed by atoms with van der Waals surface area (Å²) in [6.45, 7) is 4.51. The molecule has 2 N–H and O–H groups in total. The Morgan fingerprint density at radius 2 is 2.00 bits per heavy atom. The van der Waals surface area contributed by atoms with Crippen LogP contribution in [0.15, 0.2) is 29.4 Å². The van der Waals surface area contributed by atoms with Gasteiger partial charge < -0.3 is 5.32 Å². The maximum Gasteiger partial charge on any atom is 0.249 e. The van der Waals surface area contributed by atoms with E-state index in [9.17, 15) is 9.59 Å². The Hall–Kier alpha value is -1.88. The van der Waals surface area contributed by atoms with E-state index in [1.165, 1.54) is 6.21 Å². The monoisotopic (exact) mass is 295 g/mol. The Balaban J connectivity index is 2.36. The first-order valence-electron chi connectivity index (χ1n) is 6.32. The van der Waals surface area contributed by atoms with Gasteiger partial charge in [-0.05, 0) is 12.0 Å². The van der Waals surface area contributed by atoms with Gasteiger partial charge >= 0.3 is 0 Å². The van der Waals surface area contributed by atoms with Crippen molar-refractivity contribution in [2.75, 3.05) is 6.54 Å². The van der Waals surface area contributed by atoms with Crippen LogP contribution in [0.3, 0.4) is 0 Å². The van der Waals surface area contributed by atoms with Crippen molar-refractivity contribution in [1.82, 2.24) is 10.7 Å². The third-order valence-electron chi connectivity index (χ3n) is 2.33. The lowest BCUT2D eigenvalue weighted by molar-refractivity contribution is -0.129. The molecule has 0 aliphatic carbocycles. The van der Waals surface area contributed by atoms with Crippen molar-refractivity contribution in [1.29, 1.82) is 0 Å². The molecular weight excluding hydrogens is 278 g/mol. The Morgan fingerprint density at radius 3 is 2.65 bits per heavy atom. The predicted octanol–water partition coefficient (Wildman–Crippen LogP) is 1.95. The van der Waals surface area contributed by atoms with Crippen LogP contribution in [0.2, 0.25) is 5.02 Å². The van der Waals surface area contributed by atoms with Gasteiger partial charge in [0.1, 0.15) is 6.42 Å². The molecule has 0 bridgehead atoms. The highest BCUT2D eigenvalue weighted by Crippen LogP contribution is 2.11. The highest BCUT2D eigenvalue weighted by molar-refractivity contribution is 6.33. The van der Waals surface area contributed by atoms with E-state index in [4.69, 9.17) is 11.6 Å². The van der Waals surface area contributed by atoms with Crippen molar-refractivity contribution in [2.24, 2.45) is 11.0 Å². The first-order chi connectivity index (χ1) is 9.49. The maximum atomic E-state index is 11.5. The number of hydrogen-bond donors (Lipinski definition) is 2. The Bertz CT molecular complexity index is 501. The molecule has 5 nitrogen and oxygen atoms in total. The summed E-state index contributed by atoms with van der Waals surface area (Å²) in [5.41, 5.74) is 2.98. The molecule has 2 amide bonds. The first kappa shape index (κ1) is 16.2. The highest BCUT2D eigenvalue weighted by atomic mass is 35.5. The first-order valence-corrected chi connectivity index (χ1v) is 6.70. The maximum absolute atomic E-state index is 11.5. The molecule has 0 unspecified atom stereocenters. The minimum absolute atomic E-state index is 0.243. The van der Waals surface area contributed by atoms with Gasteiger partial charge in [-0.25, -0.2) is 5.43 Å². The highest BCUT2D eigenvalue weighted by Gasteiger charge is 2.08. The van der Waals surface area contributed by atoms with Crippen LogP contribution < -0.4 is 10.7 Å². The number of nitrogens with zero attached hydrogens (tertiary/aromatic N) is 1. The van der Waals surface area contributed by atoms with Crippen LogP contribution in [0, 0.1) is 5.92 Å². The zero-order valence-electron chi connectivity index (χ0n) is 11.5. The summed E-state index contributed by atoms with van der Waals surface area (Å²) in [6, 6.07) is 7.11. The molecule has 6 heteroatoms. The molecule has 108 valence electrons. The fourth-order valence-electron chi connectivity index (χ4n) is 1.32. The van der Waals surface area contributed by atoms with Gasteiger partial charge in [-0.1, -0.05) is 43.6 Å². The normalized spacial score (nSPS) is 10.8. The number of halogens is 1. The summed E-state index contributed by atoms with van der Waals surface area (Å²) in [6.07, 6.45) is 1.19. The lowest BCUT2D eigenvalue weighted by atomic mass is 10.2. The minimum Gasteiger partial charge on any atom is -0.355 e. The van der Waals surface area contributed by atoms with E-state index in [0.717, 1.165) is 0 Å². The van der Waals surface area contributed by atoms with E-state index in [2.05, 4.69) is 15.8 Å². The van der Waals surface area contributed by atoms with Gasteiger partial charge in [0.25, 0.3) is 0 Å². The number of rotatable bonds is 6. The van der Waals surface area contributed by atoms with E-state index in [0.29, 0.717) is 23.0 Å². The van der Waals surface area contributed by atoms with Gasteiger partial charge in [0.15, 0.2) is 0 Å². The Morgan fingerprint density at radius 1 is 1.30 bits per heavy atom. The number of hydrogen-bond acceptors (Lipinski definition) is 3. The lowest BCUT2D eigenvalue weighted by Crippen LogP contribution is -2.32. The molecule has 1 aromatic rings. The predicted molar refractivity (Wildman–Crippen MR) is 79.7 cm³/mol. The molecule has 0 atom stereocenters. The molecule has 0 saturated heterocycles. The smallest absolute Gasteiger partial charge is 0.249 e. The molecule has 0 aliphatic rings. The number of benzene rings is 1. The van der Waals surface area contributed by atoms with Crippen LogP contribution in [0.1, 0.15) is 25.8 Å². The van der Waals surface area contributed by atoms with Crippen molar-refractivity contribution in [3.63, 3.8) is 0 Å². The fraction of sp³-hybridized carbons (Fsp3) is 0.357. The number of carbonyl (C=O) groups is 2. The van der Waals surface area contributed by atoms with Crippen LogP contribution in [0.4, 0.5) is 0 Å². The molecule has 0 aliphatic heterocycles. The van der Waals surface area contributed by atoms with Gasteiger partial charge in [0.2, 0.25) is 11.8 Å². The van der Waals surface area contributed by atoms with Crippen LogP contribution >= 0.6 is 11.6 Å². The van der Waals surface area contributed by atoms with Crippen LogP contribution in [-0.2, 0) is 9.59 Å². The van der Waals surface area contributed by atoms with Crippen LogP contribution in [-0.4, -0.2) is 24.6 Å². The molecule has 0 saturated carbocycles. The fourth-order valence-corrected chi connectivity index (χ4v) is 1.50. The number of nitrogens with one attached hydrogen (secondary N) is 2. The molecular formula is C14H18ClN3O2. The zero-order chi connectivity index (χ0) is 15.0. The summed E-state index contributed by atoms with van der Waals surface area (Å²) in [7, 11) is 0. The molecule has 0 spiro atoms. The minimum atomic E-state index is -0.463. The van der Waals surface area contributed by atoms with E-state index >= 15 is 0 Å². The van der Waals surface area contributed by atoms with E-state index in [1.54, 1.807) is 18.2 Å². The second-order valence-corrected chi connectivity index (χ2v) is 5.10. The number of hydrazone groups is 1. The van der Waals surface area contributed by atoms with Crippen molar-refractivity contribution in [3.8, 4) is 0 Å². The van der Waals surface area contributed by atoms with Crippen LogP contribution in [0.25, 0.3) is 0 Å². The van der Waals surface area contributed by atoms with Gasteiger partial charge in [-0.3, -0.25) is 9.59 Å². The van der Waals surface area contributed by atoms with Crippen molar-refractivity contribution in [3.05, 3.63) is 34.9 Å². The zero-order valence-corrected chi connectivity index (χ0v) is 12.3. The third kappa shape index (κ3) is 6.33. The molecule has 20 heavy (non-hydrogen) atoms. The molecule has 0 fully saturated rings. The quantitative estimate of drug-likeness (QED) is 0.478.